The third-order valence-corrected chi connectivity index (χ3v) is 1.83. The number of alkyl halides is 3. The number of ether oxygens (including phenoxy) is 2. The molecule has 0 aliphatic carbocycles. The second-order valence-electron chi connectivity index (χ2n) is 3.15. The van der Waals surface area contributed by atoms with Crippen molar-refractivity contribution in [2.45, 2.75) is 13.3 Å². The monoisotopic (exact) mass is 275 g/mol. The summed E-state index contributed by atoms with van der Waals surface area (Å²) in [5, 5.41) is 8.70. The van der Waals surface area contributed by atoms with Gasteiger partial charge in [0.05, 0.1) is 6.61 Å². The maximum Gasteiger partial charge on any atom is 0.573 e. The number of nitriles is 1. The Labute approximate surface area is 105 Å². The molecule has 0 saturated heterocycles. The van der Waals surface area contributed by atoms with E-state index >= 15 is 0 Å². The van der Waals surface area contributed by atoms with Crippen molar-refractivity contribution in [1.29, 1.82) is 5.26 Å². The number of esters is 1. The van der Waals surface area contributed by atoms with Gasteiger partial charge in [-0.05, 0) is 6.92 Å². The number of hydrogen-bond acceptors (Lipinski definition) is 6. The third kappa shape index (κ3) is 3.74. The first kappa shape index (κ1) is 14.6. The van der Waals surface area contributed by atoms with Gasteiger partial charge in [0, 0.05) is 6.07 Å². The first-order valence-corrected chi connectivity index (χ1v) is 4.92. The highest BCUT2D eigenvalue weighted by molar-refractivity contribution is 5.88. The highest BCUT2D eigenvalue weighted by Crippen LogP contribution is 2.29. The summed E-state index contributed by atoms with van der Waals surface area (Å²) < 4.78 is 44.7. The van der Waals surface area contributed by atoms with E-state index in [4.69, 9.17) is 11.0 Å². The largest absolute Gasteiger partial charge is 0.573 e. The molecule has 2 N–H and O–H groups in total. The Hall–Kier alpha value is -2.50. The van der Waals surface area contributed by atoms with E-state index in [2.05, 4.69) is 14.5 Å². The molecule has 0 atom stereocenters. The molecule has 1 aromatic rings. The molecule has 102 valence electrons. The first-order chi connectivity index (χ1) is 8.78. The van der Waals surface area contributed by atoms with E-state index < -0.39 is 35.2 Å². The molecule has 0 radical (unpaired) electrons. The van der Waals surface area contributed by atoms with Crippen LogP contribution in [0.1, 0.15) is 23.0 Å². The van der Waals surface area contributed by atoms with E-state index in [1.54, 1.807) is 0 Å². The van der Waals surface area contributed by atoms with Crippen molar-refractivity contribution in [1.82, 2.24) is 4.98 Å². The van der Waals surface area contributed by atoms with Gasteiger partial charge in [0.1, 0.15) is 17.5 Å². The Bertz CT molecular complexity index is 537. The molecule has 0 fully saturated rings. The fourth-order valence-corrected chi connectivity index (χ4v) is 1.17. The third-order valence-electron chi connectivity index (χ3n) is 1.83. The molecule has 19 heavy (non-hydrogen) atoms. The van der Waals surface area contributed by atoms with E-state index in [-0.39, 0.29) is 6.61 Å². The summed E-state index contributed by atoms with van der Waals surface area (Å²) >= 11 is 0. The van der Waals surface area contributed by atoms with E-state index in [0.29, 0.717) is 6.07 Å². The van der Waals surface area contributed by atoms with Crippen LogP contribution in [0.5, 0.6) is 5.75 Å². The molecule has 0 aromatic carbocycles. The number of anilines is 1. The van der Waals surface area contributed by atoms with Gasteiger partial charge in [-0.3, -0.25) is 0 Å². The normalized spacial score (nSPS) is 10.7. The molecular weight excluding hydrogens is 267 g/mol. The van der Waals surface area contributed by atoms with Gasteiger partial charge in [0.25, 0.3) is 0 Å². The van der Waals surface area contributed by atoms with Crippen LogP contribution in [0.4, 0.5) is 19.0 Å². The number of carbonyl (C=O) groups is 1. The summed E-state index contributed by atoms with van der Waals surface area (Å²) in [6, 6.07) is 2.07. The minimum absolute atomic E-state index is 0.00980. The zero-order valence-electron chi connectivity index (χ0n) is 9.61. The van der Waals surface area contributed by atoms with Crippen LogP contribution in [0.25, 0.3) is 0 Å². The van der Waals surface area contributed by atoms with Gasteiger partial charge in [-0.1, -0.05) is 0 Å². The first-order valence-electron chi connectivity index (χ1n) is 4.92. The maximum absolute atomic E-state index is 12.2. The van der Waals surface area contributed by atoms with Gasteiger partial charge in [0.15, 0.2) is 11.4 Å². The number of nitrogen functional groups attached to an aromatic ring is 1. The number of rotatable bonds is 3. The summed E-state index contributed by atoms with van der Waals surface area (Å²) in [5.74, 6) is -2.41. The van der Waals surface area contributed by atoms with Crippen molar-refractivity contribution >= 4 is 11.8 Å². The van der Waals surface area contributed by atoms with Gasteiger partial charge in [-0.15, -0.1) is 13.2 Å². The van der Waals surface area contributed by atoms with Crippen LogP contribution in [-0.2, 0) is 4.74 Å². The molecule has 6 nitrogen and oxygen atoms in total. The van der Waals surface area contributed by atoms with E-state index in [1.165, 1.54) is 13.0 Å². The number of pyridine rings is 1. The molecule has 9 heteroatoms. The number of nitrogens with zero attached hydrogens (tertiary/aromatic N) is 2. The summed E-state index contributed by atoms with van der Waals surface area (Å²) in [5.41, 5.74) is 4.22. The lowest BCUT2D eigenvalue weighted by Gasteiger charge is -2.12. The quantitative estimate of drug-likeness (QED) is 0.841. The van der Waals surface area contributed by atoms with Crippen LogP contribution in [-0.4, -0.2) is 23.9 Å². The van der Waals surface area contributed by atoms with Crippen molar-refractivity contribution < 1.29 is 27.4 Å². The SMILES string of the molecule is CCOC(=O)c1cc(OC(F)(F)F)c(C#N)c(N)n1. The summed E-state index contributed by atoms with van der Waals surface area (Å²) in [7, 11) is 0. The minimum atomic E-state index is -5.02. The van der Waals surface area contributed by atoms with Crippen molar-refractivity contribution in [2.75, 3.05) is 12.3 Å². The molecule has 1 aromatic heterocycles. The lowest BCUT2D eigenvalue weighted by Crippen LogP contribution is -2.19. The van der Waals surface area contributed by atoms with E-state index in [9.17, 15) is 18.0 Å². The predicted molar refractivity (Wildman–Crippen MR) is 56.0 cm³/mol. The second kappa shape index (κ2) is 5.43. The number of nitrogens with two attached hydrogens (primary N) is 1. The highest BCUT2D eigenvalue weighted by Gasteiger charge is 2.33. The number of carbonyl (C=O) groups excluding carboxylic acids is 1. The molecule has 0 aliphatic heterocycles. The Morgan fingerprint density at radius 1 is 1.58 bits per heavy atom. The zero-order valence-corrected chi connectivity index (χ0v) is 9.61. The van der Waals surface area contributed by atoms with Crippen molar-refractivity contribution in [3.8, 4) is 11.8 Å². The molecule has 0 unspecified atom stereocenters. The summed E-state index contributed by atoms with van der Waals surface area (Å²) in [6.45, 7) is 1.52. The maximum atomic E-state index is 12.2. The number of aromatic nitrogens is 1. The van der Waals surface area contributed by atoms with Crippen molar-refractivity contribution in [3.05, 3.63) is 17.3 Å². The molecule has 0 aliphatic rings. The number of hydrogen-bond donors (Lipinski definition) is 1. The smallest absolute Gasteiger partial charge is 0.461 e. The Kier molecular flexibility index (Phi) is 4.16. The summed E-state index contributed by atoms with van der Waals surface area (Å²) in [4.78, 5) is 14.8. The van der Waals surface area contributed by atoms with Crippen LogP contribution in [0.2, 0.25) is 0 Å². The Morgan fingerprint density at radius 2 is 2.21 bits per heavy atom. The van der Waals surface area contributed by atoms with Crippen LogP contribution in [0, 0.1) is 11.3 Å². The van der Waals surface area contributed by atoms with Crippen LogP contribution in [0.15, 0.2) is 6.07 Å². The second-order valence-corrected chi connectivity index (χ2v) is 3.15. The fourth-order valence-electron chi connectivity index (χ4n) is 1.17. The molecule has 0 spiro atoms. The van der Waals surface area contributed by atoms with Gasteiger partial charge in [-0.25, -0.2) is 9.78 Å². The molecular formula is C10H8F3N3O3. The van der Waals surface area contributed by atoms with Crippen LogP contribution < -0.4 is 10.5 Å². The predicted octanol–water partition coefficient (Wildman–Crippen LogP) is 1.61. The lowest BCUT2D eigenvalue weighted by atomic mass is 10.2. The molecule has 1 heterocycles. The average molecular weight is 275 g/mol. The van der Waals surface area contributed by atoms with Gasteiger partial charge in [-0.2, -0.15) is 5.26 Å². The molecule has 0 amide bonds. The Balaban J connectivity index is 3.27. The highest BCUT2D eigenvalue weighted by atomic mass is 19.4. The van der Waals surface area contributed by atoms with Crippen molar-refractivity contribution in [3.63, 3.8) is 0 Å². The van der Waals surface area contributed by atoms with Gasteiger partial charge in [0.2, 0.25) is 0 Å². The lowest BCUT2D eigenvalue weighted by molar-refractivity contribution is -0.274. The van der Waals surface area contributed by atoms with E-state index in [1.807, 2.05) is 0 Å². The topological polar surface area (TPSA) is 98.2 Å². The summed E-state index contributed by atoms with van der Waals surface area (Å²) in [6.07, 6.45) is -5.02. The molecule has 0 saturated carbocycles. The standard InChI is InChI=1S/C10H8F3N3O3/c1-2-18-9(17)6-3-7(19-10(11,12)13)5(4-14)8(15)16-6/h3H,2H2,1H3,(H2,15,16). The zero-order chi connectivity index (χ0) is 14.6. The van der Waals surface area contributed by atoms with E-state index in [0.717, 1.165) is 0 Å². The molecule has 0 bridgehead atoms. The van der Waals surface area contributed by atoms with Crippen LogP contribution >= 0.6 is 0 Å². The molecule has 1 rings (SSSR count). The number of halogens is 3. The fraction of sp³-hybridized carbons (Fsp3) is 0.300. The van der Waals surface area contributed by atoms with Gasteiger partial charge < -0.3 is 15.2 Å². The average Bonchev–Trinajstić information content (AvgIpc) is 2.26. The minimum Gasteiger partial charge on any atom is -0.461 e. The Morgan fingerprint density at radius 3 is 2.68 bits per heavy atom. The van der Waals surface area contributed by atoms with Crippen LogP contribution in [0.3, 0.4) is 0 Å². The van der Waals surface area contributed by atoms with Gasteiger partial charge >= 0.3 is 12.3 Å². The van der Waals surface area contributed by atoms with Crippen molar-refractivity contribution in [2.24, 2.45) is 0 Å².